The standard InChI is InChI=1S/C16H11ClN2OS2/c17-11-1-3-12(4-2-11)19-14(20)9-10-5-7-21-16-13(6-8-22-16)15(10)18-19/h1-4,6,8-9H,5,7H2. The second-order valence-corrected chi connectivity index (χ2v) is 7.68. The van der Waals surface area contributed by atoms with Crippen LogP contribution in [0.2, 0.25) is 5.02 Å². The number of hydrogen-bond acceptors (Lipinski definition) is 4. The van der Waals surface area contributed by atoms with Gasteiger partial charge in [0, 0.05) is 22.4 Å². The van der Waals surface area contributed by atoms with Crippen LogP contribution in [0.1, 0.15) is 5.56 Å². The Morgan fingerprint density at radius 2 is 2.00 bits per heavy atom. The molecule has 0 N–H and O–H groups in total. The van der Waals surface area contributed by atoms with Gasteiger partial charge in [0.25, 0.3) is 5.56 Å². The molecule has 0 aliphatic carbocycles. The number of halogens is 1. The van der Waals surface area contributed by atoms with Gasteiger partial charge in [0.2, 0.25) is 0 Å². The Bertz CT molecular complexity index is 899. The third kappa shape index (κ3) is 2.39. The Balaban J connectivity index is 1.94. The van der Waals surface area contributed by atoms with Gasteiger partial charge in [0.1, 0.15) is 0 Å². The first-order valence-corrected chi connectivity index (χ1v) is 9.06. The van der Waals surface area contributed by atoms with Crippen molar-refractivity contribution in [1.29, 1.82) is 0 Å². The molecule has 6 heteroatoms. The summed E-state index contributed by atoms with van der Waals surface area (Å²) in [5.74, 6) is 0.979. The Kier molecular flexibility index (Phi) is 3.56. The van der Waals surface area contributed by atoms with Crippen molar-refractivity contribution < 1.29 is 0 Å². The molecule has 0 saturated heterocycles. The van der Waals surface area contributed by atoms with E-state index < -0.39 is 0 Å². The van der Waals surface area contributed by atoms with E-state index in [0.717, 1.165) is 34.7 Å². The first-order valence-electron chi connectivity index (χ1n) is 6.82. The van der Waals surface area contributed by atoms with Crippen molar-refractivity contribution in [3.05, 3.63) is 62.7 Å². The van der Waals surface area contributed by atoms with Crippen LogP contribution in [-0.4, -0.2) is 15.5 Å². The number of hydrogen-bond donors (Lipinski definition) is 0. The molecule has 1 aliphatic rings. The number of thioether (sulfide) groups is 1. The lowest BCUT2D eigenvalue weighted by Crippen LogP contribution is -2.22. The molecule has 0 spiro atoms. The third-order valence-corrected chi connectivity index (χ3v) is 6.06. The van der Waals surface area contributed by atoms with E-state index in [2.05, 4.69) is 16.5 Å². The minimum atomic E-state index is -0.107. The molecule has 1 aromatic carbocycles. The fourth-order valence-corrected chi connectivity index (χ4v) is 4.77. The molecular weight excluding hydrogens is 336 g/mol. The van der Waals surface area contributed by atoms with Crippen molar-refractivity contribution in [3.63, 3.8) is 0 Å². The van der Waals surface area contributed by atoms with Gasteiger partial charge in [-0.25, -0.2) is 0 Å². The smallest absolute Gasteiger partial charge is 0.267 e. The molecule has 1 aliphatic heterocycles. The fraction of sp³-hybridized carbons (Fsp3) is 0.125. The number of nitrogens with zero attached hydrogens (tertiary/aromatic N) is 2. The summed E-state index contributed by atoms with van der Waals surface area (Å²) in [5.41, 5.74) is 3.69. The Labute approximate surface area is 140 Å². The molecule has 22 heavy (non-hydrogen) atoms. The number of thiophene rings is 1. The number of aryl methyl sites for hydroxylation is 1. The van der Waals surface area contributed by atoms with Crippen molar-refractivity contribution in [2.45, 2.75) is 10.6 Å². The monoisotopic (exact) mass is 346 g/mol. The van der Waals surface area contributed by atoms with Crippen LogP contribution in [0, 0.1) is 0 Å². The van der Waals surface area contributed by atoms with Gasteiger partial charge in [-0.1, -0.05) is 11.6 Å². The van der Waals surface area contributed by atoms with Crippen LogP contribution in [0.25, 0.3) is 16.9 Å². The molecule has 0 unspecified atom stereocenters. The van der Waals surface area contributed by atoms with Crippen LogP contribution in [0.3, 0.4) is 0 Å². The predicted molar refractivity (Wildman–Crippen MR) is 92.6 cm³/mol. The first kappa shape index (κ1) is 14.1. The molecule has 0 bridgehead atoms. The van der Waals surface area contributed by atoms with Gasteiger partial charge in [-0.15, -0.1) is 23.1 Å². The SMILES string of the molecule is O=c1cc2c(nn1-c1ccc(Cl)cc1)-c1ccsc1SCC2. The minimum Gasteiger partial charge on any atom is -0.267 e. The van der Waals surface area contributed by atoms with E-state index in [1.807, 2.05) is 23.9 Å². The van der Waals surface area contributed by atoms with Crippen LogP contribution in [0.4, 0.5) is 0 Å². The molecule has 0 saturated carbocycles. The number of rotatable bonds is 1. The van der Waals surface area contributed by atoms with Gasteiger partial charge in [-0.3, -0.25) is 4.79 Å². The highest BCUT2D eigenvalue weighted by atomic mass is 35.5. The normalized spacial score (nSPS) is 13.3. The molecule has 110 valence electrons. The molecule has 0 fully saturated rings. The van der Waals surface area contributed by atoms with Crippen LogP contribution in [0.5, 0.6) is 0 Å². The highest BCUT2D eigenvalue weighted by Crippen LogP contribution is 2.39. The van der Waals surface area contributed by atoms with Crippen molar-refractivity contribution in [2.75, 3.05) is 5.75 Å². The molecule has 0 amide bonds. The zero-order chi connectivity index (χ0) is 15.1. The molecule has 0 atom stereocenters. The summed E-state index contributed by atoms with van der Waals surface area (Å²) in [6.07, 6.45) is 0.866. The molecule has 3 heterocycles. The molecular formula is C16H11ClN2OS2. The average molecular weight is 347 g/mol. The van der Waals surface area contributed by atoms with Gasteiger partial charge < -0.3 is 0 Å². The van der Waals surface area contributed by atoms with Gasteiger partial charge in [0.15, 0.2) is 0 Å². The zero-order valence-corrected chi connectivity index (χ0v) is 13.8. The maximum Gasteiger partial charge on any atom is 0.271 e. The van der Waals surface area contributed by atoms with E-state index >= 15 is 0 Å². The van der Waals surface area contributed by atoms with Crippen molar-refractivity contribution >= 4 is 34.7 Å². The summed E-state index contributed by atoms with van der Waals surface area (Å²) >= 11 is 9.48. The Morgan fingerprint density at radius 3 is 2.82 bits per heavy atom. The Morgan fingerprint density at radius 1 is 1.18 bits per heavy atom. The summed E-state index contributed by atoms with van der Waals surface area (Å²) in [6.45, 7) is 0. The van der Waals surface area contributed by atoms with Gasteiger partial charge in [-0.05, 0) is 47.7 Å². The van der Waals surface area contributed by atoms with Crippen LogP contribution < -0.4 is 5.56 Å². The number of aromatic nitrogens is 2. The lowest BCUT2D eigenvalue weighted by molar-refractivity contribution is 0.801. The maximum absolute atomic E-state index is 12.4. The highest BCUT2D eigenvalue weighted by molar-refractivity contribution is 8.01. The van der Waals surface area contributed by atoms with Crippen LogP contribution in [0.15, 0.2) is 50.8 Å². The van der Waals surface area contributed by atoms with Gasteiger partial charge >= 0.3 is 0 Å². The van der Waals surface area contributed by atoms with Gasteiger partial charge in [0.05, 0.1) is 15.6 Å². The molecule has 2 aromatic heterocycles. The maximum atomic E-state index is 12.4. The lowest BCUT2D eigenvalue weighted by atomic mass is 10.1. The molecule has 0 radical (unpaired) electrons. The number of benzene rings is 1. The minimum absolute atomic E-state index is 0.107. The van der Waals surface area contributed by atoms with E-state index in [4.69, 9.17) is 11.6 Å². The second kappa shape index (κ2) is 5.57. The molecule has 4 rings (SSSR count). The molecule has 3 aromatic rings. The van der Waals surface area contributed by atoms with Crippen molar-refractivity contribution in [2.24, 2.45) is 0 Å². The van der Waals surface area contributed by atoms with Gasteiger partial charge in [-0.2, -0.15) is 9.78 Å². The zero-order valence-electron chi connectivity index (χ0n) is 11.5. The summed E-state index contributed by atoms with van der Waals surface area (Å²) in [7, 11) is 0. The second-order valence-electron chi connectivity index (χ2n) is 4.96. The fourth-order valence-electron chi connectivity index (χ4n) is 2.51. The van der Waals surface area contributed by atoms with Crippen LogP contribution >= 0.6 is 34.7 Å². The predicted octanol–water partition coefficient (Wildman–Crippen LogP) is 4.26. The first-order chi connectivity index (χ1) is 10.7. The van der Waals surface area contributed by atoms with E-state index in [0.29, 0.717) is 5.02 Å². The van der Waals surface area contributed by atoms with E-state index in [1.165, 1.54) is 8.89 Å². The van der Waals surface area contributed by atoms with E-state index in [-0.39, 0.29) is 5.56 Å². The highest BCUT2D eigenvalue weighted by Gasteiger charge is 2.19. The average Bonchev–Trinajstić information content (AvgIpc) is 2.91. The largest absolute Gasteiger partial charge is 0.271 e. The van der Waals surface area contributed by atoms with Crippen molar-refractivity contribution in [1.82, 2.24) is 9.78 Å². The lowest BCUT2D eigenvalue weighted by Gasteiger charge is -2.10. The summed E-state index contributed by atoms with van der Waals surface area (Å²) in [6, 6.07) is 10.9. The summed E-state index contributed by atoms with van der Waals surface area (Å²) in [5, 5.41) is 7.36. The Hall–Kier alpha value is -1.56. The topological polar surface area (TPSA) is 34.9 Å². The van der Waals surface area contributed by atoms with E-state index in [1.54, 1.807) is 29.5 Å². The number of fused-ring (bicyclic) bond motifs is 3. The quantitative estimate of drug-likeness (QED) is 0.660. The third-order valence-electron chi connectivity index (χ3n) is 3.57. The van der Waals surface area contributed by atoms with E-state index in [9.17, 15) is 4.79 Å². The summed E-state index contributed by atoms with van der Waals surface area (Å²) in [4.78, 5) is 12.4. The van der Waals surface area contributed by atoms with Crippen LogP contribution in [-0.2, 0) is 6.42 Å². The summed E-state index contributed by atoms with van der Waals surface area (Å²) < 4.78 is 2.72. The molecule has 3 nitrogen and oxygen atoms in total. The van der Waals surface area contributed by atoms with Crippen molar-refractivity contribution in [3.8, 4) is 16.9 Å².